The van der Waals surface area contributed by atoms with Gasteiger partial charge in [-0.3, -0.25) is 29.2 Å². The molecule has 2 rings (SSSR count). The molecule has 1 aromatic carbocycles. The Labute approximate surface area is 305 Å². The average molecular weight is 809 g/mol. The van der Waals surface area contributed by atoms with Crippen molar-refractivity contribution in [3.05, 3.63) is 29.8 Å². The third kappa shape index (κ3) is 20.4. The summed E-state index contributed by atoms with van der Waals surface area (Å²) in [6, 6.07) is 5.88. The van der Waals surface area contributed by atoms with Gasteiger partial charge in [0.05, 0.1) is 50.9 Å². The number of aromatic hydroxyl groups is 1. The second-order valence-corrected chi connectivity index (χ2v) is 10.6. The van der Waals surface area contributed by atoms with Crippen LogP contribution in [0.4, 0.5) is 0 Å². The molecule has 1 fully saturated rings. The Hall–Kier alpha value is -2.55. The summed E-state index contributed by atoms with van der Waals surface area (Å²) < 4.78 is 10.9. The van der Waals surface area contributed by atoms with E-state index in [-0.39, 0.29) is 156 Å². The molecule has 1 radical (unpaired) electrons. The third-order valence-corrected chi connectivity index (χ3v) is 6.96. The summed E-state index contributed by atoms with van der Waals surface area (Å²) in [5.74, 6) is -4.38. The Kier molecular flexibility index (Phi) is 22.2. The van der Waals surface area contributed by atoms with E-state index in [1.54, 1.807) is 19.6 Å². The molecule has 47 heavy (non-hydrogen) atoms. The number of hydrogen-bond donors (Lipinski definition) is 3. The van der Waals surface area contributed by atoms with Crippen LogP contribution in [-0.2, 0) is 28.7 Å². The van der Waals surface area contributed by atoms with Gasteiger partial charge in [-0.1, -0.05) is 0 Å². The predicted molar refractivity (Wildman–Crippen MR) is 156 cm³/mol. The van der Waals surface area contributed by atoms with E-state index in [4.69, 9.17) is 9.47 Å². The second-order valence-electron chi connectivity index (χ2n) is 10.6. The number of phenols is 1. The van der Waals surface area contributed by atoms with Crippen LogP contribution < -0.4 is 26.0 Å². The summed E-state index contributed by atoms with van der Waals surface area (Å²) in [4.78, 5) is 65.0. The van der Waals surface area contributed by atoms with Crippen molar-refractivity contribution >= 4 is 29.7 Å². The molecule has 1 saturated heterocycles. The molecule has 263 valence electrons. The van der Waals surface area contributed by atoms with Gasteiger partial charge in [-0.2, -0.15) is 0 Å². The van der Waals surface area contributed by atoms with Crippen molar-refractivity contribution in [3.8, 4) is 5.75 Å². The molecule has 0 unspecified atom stereocenters. The number of carboxylic acid groups (broad SMARTS) is 3. The Morgan fingerprint density at radius 2 is 0.957 bits per heavy atom. The fraction of sp³-hybridized carbons (Fsp3) is 0.621. The maximum atomic E-state index is 12.6. The zero-order valence-corrected chi connectivity index (χ0v) is 28.5. The number of hydrogen-bond acceptors (Lipinski definition) is 15. The van der Waals surface area contributed by atoms with E-state index in [1.807, 2.05) is 0 Å². The van der Waals surface area contributed by atoms with Gasteiger partial charge in [-0.05, 0) is 24.3 Å². The van der Waals surface area contributed by atoms with Crippen LogP contribution in [0, 0.1) is 39.9 Å². The largest absolute Gasteiger partial charge is 3.00 e. The minimum absolute atomic E-state index is 0. The molecule has 0 aliphatic carbocycles. The Balaban J connectivity index is 0.0000110. The molecule has 0 aromatic heterocycles. The van der Waals surface area contributed by atoms with Gasteiger partial charge in [0.1, 0.15) is 5.75 Å². The van der Waals surface area contributed by atoms with E-state index < -0.39 is 17.9 Å². The Morgan fingerprint density at radius 1 is 0.596 bits per heavy atom. The van der Waals surface area contributed by atoms with E-state index in [9.17, 15) is 44.4 Å². The van der Waals surface area contributed by atoms with Crippen LogP contribution in [0.5, 0.6) is 5.75 Å². The molecule has 17 nitrogen and oxygen atoms in total. The third-order valence-electron chi connectivity index (χ3n) is 6.96. The molecular weight excluding hydrogens is 766 g/mol. The number of amides is 2. The SMILES string of the molecule is O=C([O-])CN1CCN(CC(=O)[O-])CCN(CC(=O)NCCOCCOCCNC(=O)c2ccc(O)cc2)CCN(CC(=O)[O-])CC1.[Gd+3]. The molecule has 0 bridgehead atoms. The zero-order chi connectivity index (χ0) is 33.7. The van der Waals surface area contributed by atoms with Gasteiger partial charge in [-0.15, -0.1) is 0 Å². The van der Waals surface area contributed by atoms with E-state index in [2.05, 4.69) is 10.6 Å². The summed E-state index contributed by atoms with van der Waals surface area (Å²) in [5, 5.41) is 48.5. The molecule has 1 heterocycles. The van der Waals surface area contributed by atoms with E-state index in [0.29, 0.717) is 25.2 Å². The maximum Gasteiger partial charge on any atom is 3.00 e. The molecule has 0 saturated carbocycles. The topological polar surface area (TPSA) is 230 Å². The fourth-order valence-electron chi connectivity index (χ4n) is 4.55. The number of carboxylic acids is 3. The van der Waals surface area contributed by atoms with Crippen molar-refractivity contribution in [1.29, 1.82) is 0 Å². The number of phenolic OH excluding ortho intramolecular Hbond substituents is 1. The Bertz CT molecular complexity index is 1080. The van der Waals surface area contributed by atoms with Crippen molar-refractivity contribution < 1.29 is 93.8 Å². The van der Waals surface area contributed by atoms with E-state index in [0.717, 1.165) is 0 Å². The molecular formula is C29H43GdN6O11. The molecule has 1 aromatic rings. The predicted octanol–water partition coefficient (Wildman–Crippen LogP) is -6.26. The number of benzene rings is 1. The zero-order valence-electron chi connectivity index (χ0n) is 26.2. The number of carbonyl (C=O) groups is 5. The van der Waals surface area contributed by atoms with Crippen LogP contribution in [0.2, 0.25) is 0 Å². The van der Waals surface area contributed by atoms with Crippen LogP contribution in [0.3, 0.4) is 0 Å². The maximum absolute atomic E-state index is 12.6. The van der Waals surface area contributed by atoms with Gasteiger partial charge in [0.15, 0.2) is 0 Å². The smallest absolute Gasteiger partial charge is 0.549 e. The minimum Gasteiger partial charge on any atom is -0.549 e. The van der Waals surface area contributed by atoms with Crippen molar-refractivity contribution in [1.82, 2.24) is 30.2 Å². The number of aliphatic carboxylic acids is 3. The molecule has 2 amide bonds. The number of nitrogens with one attached hydrogen (secondary N) is 2. The molecule has 0 atom stereocenters. The van der Waals surface area contributed by atoms with Crippen LogP contribution >= 0.6 is 0 Å². The monoisotopic (exact) mass is 809 g/mol. The number of ether oxygens (including phenoxy) is 2. The van der Waals surface area contributed by atoms with E-state index in [1.165, 1.54) is 24.3 Å². The normalized spacial score (nSPS) is 15.8. The summed E-state index contributed by atoms with van der Waals surface area (Å²) in [7, 11) is 0. The molecule has 18 heteroatoms. The van der Waals surface area contributed by atoms with Crippen LogP contribution in [0.15, 0.2) is 24.3 Å². The van der Waals surface area contributed by atoms with Gasteiger partial charge in [0.2, 0.25) is 5.91 Å². The summed E-state index contributed by atoms with van der Waals surface area (Å²) in [5.41, 5.74) is 0.422. The first kappa shape index (κ1) is 42.5. The Morgan fingerprint density at radius 3 is 1.34 bits per heavy atom. The van der Waals surface area contributed by atoms with Gasteiger partial charge in [0.25, 0.3) is 5.91 Å². The molecule has 0 spiro atoms. The molecule has 3 N–H and O–H groups in total. The molecule has 1 aliphatic heterocycles. The minimum atomic E-state index is -1.30. The number of nitrogens with zero attached hydrogens (tertiary/aromatic N) is 4. The first-order chi connectivity index (χ1) is 22.0. The van der Waals surface area contributed by atoms with Crippen molar-refractivity contribution in [2.75, 3.05) is 118 Å². The average Bonchev–Trinajstić information content (AvgIpc) is 2.98. The summed E-state index contributed by atoms with van der Waals surface area (Å²) in [6.07, 6.45) is 0. The summed E-state index contributed by atoms with van der Waals surface area (Å²) in [6.45, 7) is 2.41. The van der Waals surface area contributed by atoms with E-state index >= 15 is 0 Å². The van der Waals surface area contributed by atoms with Crippen molar-refractivity contribution in [3.63, 3.8) is 0 Å². The first-order valence-electron chi connectivity index (χ1n) is 15.0. The van der Waals surface area contributed by atoms with Crippen LogP contribution in [0.1, 0.15) is 10.4 Å². The molecule has 1 aliphatic rings. The van der Waals surface area contributed by atoms with Gasteiger partial charge in [0, 0.05) is 90.6 Å². The fourth-order valence-corrected chi connectivity index (χ4v) is 4.55. The van der Waals surface area contributed by atoms with Gasteiger partial charge in [-0.25, -0.2) is 0 Å². The van der Waals surface area contributed by atoms with Crippen molar-refractivity contribution in [2.24, 2.45) is 0 Å². The van der Waals surface area contributed by atoms with Crippen molar-refractivity contribution in [2.45, 2.75) is 0 Å². The standard InChI is InChI=1S/C29H46N6O11.Gd/c36-24-3-1-23(2-4-24)29(44)31-6-16-46-18-17-45-15-5-30-25(37)19-32-7-9-33(20-26(38)39)11-13-35(22-28(42)43)14-12-34(10-8-32)21-27(40)41;/h1-4,36H,5-22H2,(H,30,37)(H,31,44)(H,38,39)(H,40,41)(H,42,43);/q;+3/p-3. The van der Waals surface area contributed by atoms with Crippen LogP contribution in [-0.4, -0.2) is 172 Å². The van der Waals surface area contributed by atoms with Crippen LogP contribution in [0.25, 0.3) is 0 Å². The van der Waals surface area contributed by atoms with Gasteiger partial charge < -0.3 is 54.9 Å². The first-order valence-corrected chi connectivity index (χ1v) is 15.0. The van der Waals surface area contributed by atoms with Gasteiger partial charge >= 0.3 is 39.9 Å². The number of rotatable bonds is 18. The number of carbonyl (C=O) groups excluding carboxylic acids is 5. The second kappa shape index (κ2) is 24.6. The summed E-state index contributed by atoms with van der Waals surface area (Å²) >= 11 is 0. The quantitative estimate of drug-likeness (QED) is 0.117.